The third-order valence-electron chi connectivity index (χ3n) is 5.17. The van der Waals surface area contributed by atoms with Gasteiger partial charge in [0.1, 0.15) is 17.2 Å². The van der Waals surface area contributed by atoms with Crippen LogP contribution < -0.4 is 15.2 Å². The molecule has 0 aliphatic carbocycles. The molecule has 0 unspecified atom stereocenters. The van der Waals surface area contributed by atoms with Gasteiger partial charge in [-0.2, -0.15) is 0 Å². The second-order valence-corrected chi connectivity index (χ2v) is 6.94. The van der Waals surface area contributed by atoms with E-state index in [-0.39, 0.29) is 5.69 Å². The molecule has 6 heteroatoms. The van der Waals surface area contributed by atoms with E-state index >= 15 is 0 Å². The number of nitrogens with two attached hydrogens (primary N) is 1. The van der Waals surface area contributed by atoms with E-state index in [1.807, 2.05) is 60.7 Å². The second kappa shape index (κ2) is 7.83. The highest BCUT2D eigenvalue weighted by Gasteiger charge is 2.25. The number of carbonyl (C=O) groups is 1. The minimum absolute atomic E-state index is 0.191. The molecule has 6 nitrogen and oxygen atoms in total. The Morgan fingerprint density at radius 2 is 1.67 bits per heavy atom. The van der Waals surface area contributed by atoms with Gasteiger partial charge < -0.3 is 24.9 Å². The Morgan fingerprint density at radius 1 is 0.967 bits per heavy atom. The van der Waals surface area contributed by atoms with Crippen molar-refractivity contribution in [1.82, 2.24) is 4.57 Å². The lowest BCUT2D eigenvalue weighted by molar-refractivity contribution is 0.0687. The molecule has 0 atom stereocenters. The van der Waals surface area contributed by atoms with Crippen LogP contribution in [-0.2, 0) is 6.54 Å². The molecule has 0 saturated carbocycles. The summed E-state index contributed by atoms with van der Waals surface area (Å²) >= 11 is 0. The molecule has 3 N–H and O–H groups in total. The lowest BCUT2D eigenvalue weighted by Gasteiger charge is -2.11. The predicted octanol–water partition coefficient (Wildman–Crippen LogP) is 4.65. The van der Waals surface area contributed by atoms with Crippen molar-refractivity contribution in [1.29, 1.82) is 0 Å². The van der Waals surface area contributed by atoms with Crippen molar-refractivity contribution in [3.63, 3.8) is 0 Å². The Balaban J connectivity index is 1.99. The van der Waals surface area contributed by atoms with Crippen LogP contribution in [0.2, 0.25) is 0 Å². The molecular formula is C24H22N2O4. The van der Waals surface area contributed by atoms with Crippen LogP contribution in [0.1, 0.15) is 16.1 Å². The van der Waals surface area contributed by atoms with Crippen molar-refractivity contribution >= 4 is 22.6 Å². The first-order chi connectivity index (χ1) is 14.5. The van der Waals surface area contributed by atoms with Gasteiger partial charge in [-0.05, 0) is 41.5 Å². The van der Waals surface area contributed by atoms with Crippen LogP contribution in [0.15, 0.2) is 66.7 Å². The fraction of sp³-hybridized carbons (Fsp3) is 0.125. The Bertz CT molecular complexity index is 1230. The summed E-state index contributed by atoms with van der Waals surface area (Å²) in [6.07, 6.45) is 0. The number of carboxylic acid groups (broad SMARTS) is 1. The van der Waals surface area contributed by atoms with Crippen LogP contribution in [-0.4, -0.2) is 29.9 Å². The van der Waals surface area contributed by atoms with E-state index in [4.69, 9.17) is 15.2 Å². The van der Waals surface area contributed by atoms with E-state index in [0.29, 0.717) is 34.8 Å². The minimum Gasteiger partial charge on any atom is -0.497 e. The van der Waals surface area contributed by atoms with Crippen LogP contribution in [0.4, 0.5) is 5.69 Å². The van der Waals surface area contributed by atoms with E-state index in [2.05, 4.69) is 0 Å². The number of para-hydroxylation sites is 1. The molecule has 0 spiro atoms. The monoisotopic (exact) mass is 402 g/mol. The molecule has 3 aromatic carbocycles. The van der Waals surface area contributed by atoms with Crippen molar-refractivity contribution in [2.75, 3.05) is 20.0 Å². The number of nitrogens with zero attached hydrogens (tertiary/aromatic N) is 1. The number of ether oxygens (including phenoxy) is 2. The van der Waals surface area contributed by atoms with E-state index in [1.165, 1.54) is 0 Å². The summed E-state index contributed by atoms with van der Waals surface area (Å²) in [6, 6.07) is 20.4. The molecular weight excluding hydrogens is 380 g/mol. The quantitative estimate of drug-likeness (QED) is 0.458. The number of fused-ring (bicyclic) bond motifs is 1. The smallest absolute Gasteiger partial charge is 0.353 e. The maximum absolute atomic E-state index is 12.4. The molecule has 0 radical (unpaired) electrons. The van der Waals surface area contributed by atoms with Crippen LogP contribution in [0, 0.1) is 0 Å². The number of nitrogen functional groups attached to an aromatic ring is 1. The minimum atomic E-state index is -1.01. The molecule has 0 amide bonds. The Morgan fingerprint density at radius 3 is 2.33 bits per heavy atom. The lowest BCUT2D eigenvalue weighted by atomic mass is 10.0. The number of anilines is 1. The van der Waals surface area contributed by atoms with Gasteiger partial charge in [-0.3, -0.25) is 0 Å². The van der Waals surface area contributed by atoms with Gasteiger partial charge in [-0.15, -0.1) is 0 Å². The highest BCUT2D eigenvalue weighted by atomic mass is 16.5. The van der Waals surface area contributed by atoms with Gasteiger partial charge in [-0.1, -0.05) is 36.4 Å². The van der Waals surface area contributed by atoms with Gasteiger partial charge in [0, 0.05) is 17.5 Å². The molecule has 4 aromatic rings. The predicted molar refractivity (Wildman–Crippen MR) is 117 cm³/mol. The maximum Gasteiger partial charge on any atom is 0.353 e. The van der Waals surface area contributed by atoms with Crippen LogP contribution in [0.5, 0.6) is 11.5 Å². The molecule has 1 heterocycles. The van der Waals surface area contributed by atoms with Crippen LogP contribution in [0.25, 0.3) is 22.0 Å². The summed E-state index contributed by atoms with van der Waals surface area (Å²) in [7, 11) is 3.20. The summed E-state index contributed by atoms with van der Waals surface area (Å²) in [5.74, 6) is 0.402. The molecule has 0 aliphatic rings. The Hall–Kier alpha value is -3.93. The van der Waals surface area contributed by atoms with E-state index in [0.717, 1.165) is 16.5 Å². The van der Waals surface area contributed by atoms with Crippen molar-refractivity contribution in [3.05, 3.63) is 78.0 Å². The first kappa shape index (κ1) is 19.4. The second-order valence-electron chi connectivity index (χ2n) is 6.94. The topological polar surface area (TPSA) is 86.7 Å². The van der Waals surface area contributed by atoms with E-state index in [9.17, 15) is 9.90 Å². The summed E-state index contributed by atoms with van der Waals surface area (Å²) in [4.78, 5) is 12.4. The average molecular weight is 402 g/mol. The normalized spacial score (nSPS) is 10.9. The van der Waals surface area contributed by atoms with Crippen LogP contribution in [0.3, 0.4) is 0 Å². The van der Waals surface area contributed by atoms with Gasteiger partial charge in [0.15, 0.2) is 0 Å². The molecule has 0 bridgehead atoms. The zero-order valence-corrected chi connectivity index (χ0v) is 16.8. The SMILES string of the molecule is COc1ccc(-c2c(C(=O)O)n(Cc3cccc(OC)c3)c3c(N)cccc23)cc1. The summed E-state index contributed by atoms with van der Waals surface area (Å²) < 4.78 is 12.3. The number of benzene rings is 3. The number of carboxylic acids is 1. The fourth-order valence-electron chi connectivity index (χ4n) is 3.82. The van der Waals surface area contributed by atoms with Crippen LogP contribution >= 0.6 is 0 Å². The Kier molecular flexibility index (Phi) is 5.06. The first-order valence-electron chi connectivity index (χ1n) is 9.44. The van der Waals surface area contributed by atoms with Gasteiger partial charge in [0.2, 0.25) is 0 Å². The first-order valence-corrected chi connectivity index (χ1v) is 9.44. The van der Waals surface area contributed by atoms with Crippen molar-refractivity contribution < 1.29 is 19.4 Å². The lowest BCUT2D eigenvalue weighted by Crippen LogP contribution is -2.11. The van der Waals surface area contributed by atoms with Crippen molar-refractivity contribution in [2.45, 2.75) is 6.54 Å². The highest BCUT2D eigenvalue weighted by molar-refractivity contribution is 6.11. The number of aromatic carboxylic acids is 1. The van der Waals surface area contributed by atoms with Gasteiger partial charge in [-0.25, -0.2) is 4.79 Å². The van der Waals surface area contributed by atoms with E-state index < -0.39 is 5.97 Å². The summed E-state index contributed by atoms with van der Waals surface area (Å²) in [5, 5.41) is 11.0. The maximum atomic E-state index is 12.4. The zero-order valence-electron chi connectivity index (χ0n) is 16.8. The molecule has 0 fully saturated rings. The van der Waals surface area contributed by atoms with Gasteiger partial charge in [0.05, 0.1) is 25.4 Å². The highest BCUT2D eigenvalue weighted by Crippen LogP contribution is 2.38. The standard InChI is InChI=1S/C24H22N2O4/c1-29-17-11-9-16(10-12-17)21-19-7-4-8-20(25)22(19)26(23(21)24(27)28)14-15-5-3-6-18(13-15)30-2/h3-13H,14,25H2,1-2H3,(H,27,28). The molecule has 152 valence electrons. The van der Waals surface area contributed by atoms with Gasteiger partial charge >= 0.3 is 5.97 Å². The molecule has 0 saturated heterocycles. The van der Waals surface area contributed by atoms with Gasteiger partial charge in [0.25, 0.3) is 0 Å². The Labute approximate surface area is 174 Å². The molecule has 30 heavy (non-hydrogen) atoms. The zero-order chi connectivity index (χ0) is 21.3. The van der Waals surface area contributed by atoms with Crippen molar-refractivity contribution in [2.24, 2.45) is 0 Å². The number of aromatic nitrogens is 1. The number of hydrogen-bond donors (Lipinski definition) is 2. The number of rotatable bonds is 6. The van der Waals surface area contributed by atoms with E-state index in [1.54, 1.807) is 24.9 Å². The average Bonchev–Trinajstić information content (AvgIpc) is 3.09. The van der Waals surface area contributed by atoms with Crippen molar-refractivity contribution in [3.8, 4) is 22.6 Å². The molecule has 1 aromatic heterocycles. The summed E-state index contributed by atoms with van der Waals surface area (Å²) in [6.45, 7) is 0.347. The number of hydrogen-bond acceptors (Lipinski definition) is 4. The molecule has 0 aliphatic heterocycles. The largest absolute Gasteiger partial charge is 0.497 e. The summed E-state index contributed by atoms with van der Waals surface area (Å²) in [5.41, 5.74) is 10.1. The number of methoxy groups -OCH3 is 2. The fourth-order valence-corrected chi connectivity index (χ4v) is 3.82. The third kappa shape index (κ3) is 3.33. The third-order valence-corrected chi connectivity index (χ3v) is 5.17. The molecule has 4 rings (SSSR count).